The molecule has 0 N–H and O–H groups in total. The van der Waals surface area contributed by atoms with Crippen molar-refractivity contribution in [1.29, 1.82) is 0 Å². The Balaban J connectivity index is 1.42. The Labute approximate surface area is 155 Å². The van der Waals surface area contributed by atoms with Crippen LogP contribution in [0.5, 0.6) is 0 Å². The highest BCUT2D eigenvalue weighted by atomic mass is 35.5. The zero-order valence-electron chi connectivity index (χ0n) is 14.3. The van der Waals surface area contributed by atoms with Gasteiger partial charge in [0.2, 0.25) is 5.91 Å². The fourth-order valence-corrected chi connectivity index (χ4v) is 3.25. The molecule has 9 heteroatoms. The number of amides is 1. The predicted octanol–water partition coefficient (Wildman–Crippen LogP) is 1.30. The van der Waals surface area contributed by atoms with Crippen molar-refractivity contribution in [3.8, 4) is 0 Å². The third kappa shape index (κ3) is 3.20. The quantitative estimate of drug-likeness (QED) is 0.690. The van der Waals surface area contributed by atoms with Crippen LogP contribution in [0.1, 0.15) is 5.56 Å². The number of hydrogen-bond acceptors (Lipinski definition) is 6. The highest BCUT2D eigenvalue weighted by Gasteiger charge is 2.24. The van der Waals surface area contributed by atoms with E-state index in [-0.39, 0.29) is 5.91 Å². The van der Waals surface area contributed by atoms with E-state index in [9.17, 15) is 4.79 Å². The molecule has 0 radical (unpaired) electrons. The number of carbonyl (C=O) groups excluding carboxylic acids is 1. The van der Waals surface area contributed by atoms with Crippen LogP contribution in [-0.2, 0) is 18.3 Å². The van der Waals surface area contributed by atoms with E-state index in [0.29, 0.717) is 48.8 Å². The van der Waals surface area contributed by atoms with Gasteiger partial charge >= 0.3 is 0 Å². The lowest BCUT2D eigenvalue weighted by Gasteiger charge is -2.35. The summed E-state index contributed by atoms with van der Waals surface area (Å²) in [6.07, 6.45) is 1.91. The van der Waals surface area contributed by atoms with E-state index in [2.05, 4.69) is 25.2 Å². The van der Waals surface area contributed by atoms with Gasteiger partial charge in [-0.25, -0.2) is 14.6 Å². The first-order valence-electron chi connectivity index (χ1n) is 8.39. The van der Waals surface area contributed by atoms with Gasteiger partial charge in [-0.05, 0) is 17.7 Å². The van der Waals surface area contributed by atoms with E-state index in [1.807, 2.05) is 29.2 Å². The molecule has 4 rings (SSSR count). The van der Waals surface area contributed by atoms with Crippen LogP contribution in [0.3, 0.4) is 0 Å². The second-order valence-electron chi connectivity index (χ2n) is 6.25. The zero-order valence-corrected chi connectivity index (χ0v) is 15.1. The molecule has 1 aliphatic rings. The van der Waals surface area contributed by atoms with Crippen LogP contribution in [0.15, 0.2) is 30.6 Å². The van der Waals surface area contributed by atoms with Gasteiger partial charge in [0, 0.05) is 38.2 Å². The van der Waals surface area contributed by atoms with E-state index in [4.69, 9.17) is 11.6 Å². The molecule has 26 heavy (non-hydrogen) atoms. The maximum absolute atomic E-state index is 12.5. The maximum Gasteiger partial charge on any atom is 0.227 e. The van der Waals surface area contributed by atoms with Crippen molar-refractivity contribution < 1.29 is 4.79 Å². The normalized spacial score (nSPS) is 14.8. The van der Waals surface area contributed by atoms with Crippen molar-refractivity contribution in [2.45, 2.75) is 6.42 Å². The number of anilines is 1. The molecule has 1 fully saturated rings. The minimum absolute atomic E-state index is 0.124. The molecule has 1 amide bonds. The highest BCUT2D eigenvalue weighted by Crippen LogP contribution is 2.21. The van der Waals surface area contributed by atoms with Gasteiger partial charge in [0.15, 0.2) is 17.0 Å². The summed E-state index contributed by atoms with van der Waals surface area (Å²) in [7, 11) is 1.81. The summed E-state index contributed by atoms with van der Waals surface area (Å²) in [5.74, 6) is 0.896. The Kier molecular flexibility index (Phi) is 4.42. The molecular weight excluding hydrogens is 354 g/mol. The fraction of sp³-hybridized carbons (Fsp3) is 0.353. The minimum atomic E-state index is 0.124. The Hall–Kier alpha value is -2.74. The van der Waals surface area contributed by atoms with Gasteiger partial charge in [-0.2, -0.15) is 0 Å². The number of aromatic nitrogens is 5. The third-order valence-corrected chi connectivity index (χ3v) is 4.82. The van der Waals surface area contributed by atoms with Gasteiger partial charge < -0.3 is 9.80 Å². The monoisotopic (exact) mass is 371 g/mol. The second kappa shape index (κ2) is 6.87. The Morgan fingerprint density at radius 2 is 1.85 bits per heavy atom. The first-order valence-corrected chi connectivity index (χ1v) is 8.77. The van der Waals surface area contributed by atoms with Gasteiger partial charge in [-0.1, -0.05) is 28.9 Å². The number of nitrogens with zero attached hydrogens (tertiary/aromatic N) is 7. The predicted molar refractivity (Wildman–Crippen MR) is 98.0 cm³/mol. The van der Waals surface area contributed by atoms with Gasteiger partial charge in [0.05, 0.1) is 6.42 Å². The SMILES string of the molecule is Cn1nnc2c(N3CCN(C(=O)Cc4ccc(Cl)cc4)CC3)ncnc21. The fourth-order valence-electron chi connectivity index (χ4n) is 3.13. The summed E-state index contributed by atoms with van der Waals surface area (Å²) in [6, 6.07) is 7.40. The number of hydrogen-bond donors (Lipinski definition) is 0. The standard InChI is InChI=1S/C17H18ClN7O/c1-23-16-15(21-22-23)17(20-11-19-16)25-8-6-24(7-9-25)14(26)10-12-2-4-13(18)5-3-12/h2-5,11H,6-10H2,1H3. The van der Waals surface area contributed by atoms with Gasteiger partial charge in [-0.15, -0.1) is 5.10 Å². The molecule has 0 unspecified atom stereocenters. The minimum Gasteiger partial charge on any atom is -0.351 e. The third-order valence-electron chi connectivity index (χ3n) is 4.57. The average molecular weight is 372 g/mol. The van der Waals surface area contributed by atoms with E-state index in [0.717, 1.165) is 11.4 Å². The van der Waals surface area contributed by atoms with Crippen molar-refractivity contribution in [2.75, 3.05) is 31.1 Å². The van der Waals surface area contributed by atoms with Crippen LogP contribution in [0.4, 0.5) is 5.82 Å². The summed E-state index contributed by atoms with van der Waals surface area (Å²) in [5.41, 5.74) is 2.37. The van der Waals surface area contributed by atoms with E-state index >= 15 is 0 Å². The lowest BCUT2D eigenvalue weighted by atomic mass is 10.1. The second-order valence-corrected chi connectivity index (χ2v) is 6.69. The lowest BCUT2D eigenvalue weighted by Crippen LogP contribution is -2.49. The summed E-state index contributed by atoms with van der Waals surface area (Å²) in [4.78, 5) is 25.1. The average Bonchev–Trinajstić information content (AvgIpc) is 3.05. The number of fused-ring (bicyclic) bond motifs is 1. The molecule has 0 spiro atoms. The Morgan fingerprint density at radius 3 is 2.58 bits per heavy atom. The Bertz CT molecular complexity index is 932. The van der Waals surface area contributed by atoms with Gasteiger partial charge in [0.1, 0.15) is 6.33 Å². The highest BCUT2D eigenvalue weighted by molar-refractivity contribution is 6.30. The van der Waals surface area contributed by atoms with Crippen molar-refractivity contribution in [3.63, 3.8) is 0 Å². The van der Waals surface area contributed by atoms with Crippen molar-refractivity contribution in [2.24, 2.45) is 7.05 Å². The number of piperazine rings is 1. The number of aryl methyl sites for hydroxylation is 1. The van der Waals surface area contributed by atoms with Crippen molar-refractivity contribution in [3.05, 3.63) is 41.2 Å². The van der Waals surface area contributed by atoms with Crippen molar-refractivity contribution in [1.82, 2.24) is 29.9 Å². The summed E-state index contributed by atoms with van der Waals surface area (Å²) in [5, 5.41) is 8.85. The first-order chi connectivity index (χ1) is 12.6. The molecule has 2 aromatic heterocycles. The molecule has 0 aliphatic carbocycles. The smallest absolute Gasteiger partial charge is 0.227 e. The molecule has 134 valence electrons. The first kappa shape index (κ1) is 16.7. The van der Waals surface area contributed by atoms with Gasteiger partial charge in [0.25, 0.3) is 0 Å². The molecule has 3 aromatic rings. The van der Waals surface area contributed by atoms with Crippen LogP contribution in [0, 0.1) is 0 Å². The summed E-state index contributed by atoms with van der Waals surface area (Å²) >= 11 is 5.89. The molecule has 3 heterocycles. The molecule has 0 atom stereocenters. The number of rotatable bonds is 3. The topological polar surface area (TPSA) is 80.0 Å². The molecule has 8 nitrogen and oxygen atoms in total. The Morgan fingerprint density at radius 1 is 1.12 bits per heavy atom. The van der Waals surface area contributed by atoms with Crippen molar-refractivity contribution >= 4 is 34.5 Å². The molecule has 0 saturated carbocycles. The van der Waals surface area contributed by atoms with E-state index < -0.39 is 0 Å². The van der Waals surface area contributed by atoms with Crippen LogP contribution in [-0.4, -0.2) is 61.9 Å². The molecule has 1 aromatic carbocycles. The van der Waals surface area contributed by atoms with E-state index in [1.54, 1.807) is 11.7 Å². The number of carbonyl (C=O) groups is 1. The van der Waals surface area contributed by atoms with Crippen LogP contribution in [0.25, 0.3) is 11.2 Å². The number of halogens is 1. The van der Waals surface area contributed by atoms with E-state index in [1.165, 1.54) is 6.33 Å². The lowest BCUT2D eigenvalue weighted by molar-refractivity contribution is -0.130. The van der Waals surface area contributed by atoms with Crippen LogP contribution in [0.2, 0.25) is 5.02 Å². The summed E-state index contributed by atoms with van der Waals surface area (Å²) in [6.45, 7) is 2.71. The molecular formula is C17H18ClN7O. The molecule has 1 saturated heterocycles. The number of benzene rings is 1. The van der Waals surface area contributed by atoms with Crippen LogP contribution >= 0.6 is 11.6 Å². The molecule has 0 bridgehead atoms. The largest absolute Gasteiger partial charge is 0.351 e. The van der Waals surface area contributed by atoms with Crippen LogP contribution < -0.4 is 4.90 Å². The molecule has 1 aliphatic heterocycles. The van der Waals surface area contributed by atoms with Gasteiger partial charge in [-0.3, -0.25) is 4.79 Å². The maximum atomic E-state index is 12.5. The summed E-state index contributed by atoms with van der Waals surface area (Å²) < 4.78 is 1.63. The zero-order chi connectivity index (χ0) is 18.1.